The predicted molar refractivity (Wildman–Crippen MR) is 223 cm³/mol. The van der Waals surface area contributed by atoms with Gasteiger partial charge in [0.05, 0.1) is 16.7 Å². The third-order valence-electron chi connectivity index (χ3n) is 13.1. The molecule has 1 aliphatic carbocycles. The van der Waals surface area contributed by atoms with E-state index in [9.17, 15) is 0 Å². The number of hydrogen-bond donors (Lipinski definition) is 0. The third kappa shape index (κ3) is 3.88. The number of hydrogen-bond acceptors (Lipinski definition) is 1. The quantitative estimate of drug-likeness (QED) is 0.179. The fourth-order valence-electron chi connectivity index (χ4n) is 10.3. The molecule has 2 heteroatoms. The molecule has 3 aliphatic rings. The van der Waals surface area contributed by atoms with E-state index >= 15 is 0 Å². The Morgan fingerprint density at radius 2 is 0.943 bits per heavy atom. The standard InChI is InChI=1S/C51H42N2/c1-49(2)40-18-11-10-16-36(40)37-27-26-35(30-44(37)49)52(33-14-8-7-9-15-33)34-24-22-31(23-25-34)32-28-39-38-17-12-19-41-46(38)53-47(39)45(29-32)51(5,6)43-21-13-20-42(48(43)53)50(41,3)4/h7-30H,1-6H3. The molecule has 53 heavy (non-hydrogen) atoms. The molecule has 0 saturated heterocycles. The van der Waals surface area contributed by atoms with Gasteiger partial charge in [-0.25, -0.2) is 0 Å². The zero-order valence-corrected chi connectivity index (χ0v) is 31.3. The lowest BCUT2D eigenvalue weighted by molar-refractivity contribution is 0.594. The van der Waals surface area contributed by atoms with Crippen molar-refractivity contribution in [2.45, 2.75) is 57.8 Å². The van der Waals surface area contributed by atoms with Crippen LogP contribution in [0.5, 0.6) is 0 Å². The molecular formula is C51H42N2. The summed E-state index contributed by atoms with van der Waals surface area (Å²) in [4.78, 5) is 2.40. The number of rotatable bonds is 4. The van der Waals surface area contributed by atoms with E-state index in [0.717, 1.165) is 11.4 Å². The number of nitrogens with zero attached hydrogens (tertiary/aromatic N) is 2. The largest absolute Gasteiger partial charge is 0.310 e. The zero-order chi connectivity index (χ0) is 36.0. The number of benzene rings is 7. The van der Waals surface area contributed by atoms with E-state index < -0.39 is 0 Å². The second-order valence-corrected chi connectivity index (χ2v) is 17.0. The van der Waals surface area contributed by atoms with E-state index in [0.29, 0.717) is 0 Å². The van der Waals surface area contributed by atoms with E-state index in [1.807, 2.05) is 0 Å². The van der Waals surface area contributed by atoms with Gasteiger partial charge in [0.15, 0.2) is 0 Å². The van der Waals surface area contributed by atoms with Gasteiger partial charge in [0.25, 0.3) is 0 Å². The van der Waals surface area contributed by atoms with Gasteiger partial charge in [0.1, 0.15) is 0 Å². The molecule has 3 heterocycles. The van der Waals surface area contributed by atoms with E-state index in [2.05, 4.69) is 197 Å². The molecule has 0 amide bonds. The summed E-state index contributed by atoms with van der Waals surface area (Å²) < 4.78 is 2.61. The fraction of sp³-hybridized carbons (Fsp3) is 0.176. The highest BCUT2D eigenvalue weighted by atomic mass is 15.1. The average molecular weight is 683 g/mol. The molecule has 256 valence electrons. The molecule has 1 aromatic heterocycles. The van der Waals surface area contributed by atoms with Crippen molar-refractivity contribution < 1.29 is 0 Å². The first-order chi connectivity index (χ1) is 25.6. The molecule has 0 bridgehead atoms. The lowest BCUT2D eigenvalue weighted by atomic mass is 9.68. The molecule has 0 N–H and O–H groups in total. The summed E-state index contributed by atoms with van der Waals surface area (Å²) >= 11 is 0. The highest BCUT2D eigenvalue weighted by molar-refractivity contribution is 6.15. The summed E-state index contributed by atoms with van der Waals surface area (Å²) in [5.41, 5.74) is 20.9. The van der Waals surface area contributed by atoms with Gasteiger partial charge in [-0.2, -0.15) is 0 Å². The lowest BCUT2D eigenvalue weighted by Crippen LogP contribution is -2.33. The van der Waals surface area contributed by atoms with Crippen LogP contribution < -0.4 is 4.90 Å². The monoisotopic (exact) mass is 682 g/mol. The van der Waals surface area contributed by atoms with Crippen molar-refractivity contribution in [3.8, 4) is 27.9 Å². The Hall–Kier alpha value is -5.86. The van der Waals surface area contributed by atoms with Gasteiger partial charge in [-0.3, -0.25) is 0 Å². The summed E-state index contributed by atoms with van der Waals surface area (Å²) in [6, 6.07) is 54.8. The Morgan fingerprint density at radius 3 is 1.72 bits per heavy atom. The number of fused-ring (bicyclic) bond motifs is 4. The van der Waals surface area contributed by atoms with E-state index in [1.54, 1.807) is 0 Å². The molecule has 7 aromatic carbocycles. The fourth-order valence-corrected chi connectivity index (χ4v) is 10.3. The van der Waals surface area contributed by atoms with Crippen LogP contribution in [0.1, 0.15) is 74.9 Å². The minimum Gasteiger partial charge on any atom is -0.310 e. The van der Waals surface area contributed by atoms with Crippen molar-refractivity contribution in [1.82, 2.24) is 4.57 Å². The second kappa shape index (κ2) is 10.2. The van der Waals surface area contributed by atoms with Crippen molar-refractivity contribution in [3.05, 3.63) is 179 Å². The maximum atomic E-state index is 2.61. The third-order valence-corrected chi connectivity index (χ3v) is 13.1. The zero-order valence-electron chi connectivity index (χ0n) is 31.3. The molecule has 0 radical (unpaired) electrons. The molecule has 11 rings (SSSR count). The Bertz CT molecular complexity index is 2850. The lowest BCUT2D eigenvalue weighted by Gasteiger charge is -2.42. The molecular weight excluding hydrogens is 641 g/mol. The van der Waals surface area contributed by atoms with Crippen LogP contribution in [0.25, 0.3) is 49.7 Å². The molecule has 0 saturated carbocycles. The highest BCUT2D eigenvalue weighted by Gasteiger charge is 2.43. The topological polar surface area (TPSA) is 8.17 Å². The second-order valence-electron chi connectivity index (χ2n) is 17.0. The van der Waals surface area contributed by atoms with Gasteiger partial charge in [-0.1, -0.05) is 139 Å². The molecule has 2 nitrogen and oxygen atoms in total. The van der Waals surface area contributed by atoms with E-state index in [4.69, 9.17) is 0 Å². The minimum absolute atomic E-state index is 0.0674. The van der Waals surface area contributed by atoms with Crippen LogP contribution in [0.4, 0.5) is 17.1 Å². The maximum absolute atomic E-state index is 2.61. The van der Waals surface area contributed by atoms with Gasteiger partial charge >= 0.3 is 0 Å². The van der Waals surface area contributed by atoms with Crippen LogP contribution in [-0.4, -0.2) is 4.57 Å². The van der Waals surface area contributed by atoms with Gasteiger partial charge in [0, 0.05) is 44.1 Å². The Balaban J connectivity index is 1.07. The Morgan fingerprint density at radius 1 is 0.377 bits per heavy atom. The summed E-state index contributed by atoms with van der Waals surface area (Å²) in [6.07, 6.45) is 0. The summed E-state index contributed by atoms with van der Waals surface area (Å²) in [5.74, 6) is 0. The van der Waals surface area contributed by atoms with Crippen LogP contribution in [0.2, 0.25) is 0 Å². The van der Waals surface area contributed by atoms with E-state index in [-0.39, 0.29) is 16.2 Å². The van der Waals surface area contributed by atoms with Crippen LogP contribution in [0.3, 0.4) is 0 Å². The van der Waals surface area contributed by atoms with Gasteiger partial charge in [-0.05, 0) is 104 Å². The van der Waals surface area contributed by atoms with Gasteiger partial charge in [-0.15, -0.1) is 0 Å². The Labute approximate surface area is 312 Å². The first-order valence-electron chi connectivity index (χ1n) is 19.0. The molecule has 2 aliphatic heterocycles. The van der Waals surface area contributed by atoms with Crippen molar-refractivity contribution in [1.29, 1.82) is 0 Å². The molecule has 8 aromatic rings. The number of aromatic nitrogens is 1. The van der Waals surface area contributed by atoms with Crippen LogP contribution in [0.15, 0.2) is 146 Å². The summed E-state index contributed by atoms with van der Waals surface area (Å²) in [7, 11) is 0. The van der Waals surface area contributed by atoms with Crippen LogP contribution in [0, 0.1) is 0 Å². The SMILES string of the molecule is CC1(C)c2ccccc2-c2ccc(N(c3ccccc3)c3ccc(-c4cc5c6c(c4)c4cccc7c4n6-c4c(cccc4C5(C)C)C7(C)C)cc3)cc21. The van der Waals surface area contributed by atoms with Gasteiger partial charge in [0.2, 0.25) is 0 Å². The van der Waals surface area contributed by atoms with Crippen molar-refractivity contribution >= 4 is 38.9 Å². The molecule has 0 spiro atoms. The molecule has 0 unspecified atom stereocenters. The molecule has 0 atom stereocenters. The average Bonchev–Trinajstić information content (AvgIpc) is 3.63. The summed E-state index contributed by atoms with van der Waals surface area (Å²) in [5, 5.41) is 2.69. The molecule has 0 fully saturated rings. The highest BCUT2D eigenvalue weighted by Crippen LogP contribution is 2.56. The Kier molecular flexibility index (Phi) is 5.90. The first-order valence-corrected chi connectivity index (χ1v) is 19.0. The number of anilines is 3. The van der Waals surface area contributed by atoms with Crippen LogP contribution in [-0.2, 0) is 16.2 Å². The van der Waals surface area contributed by atoms with Crippen LogP contribution >= 0.6 is 0 Å². The minimum atomic E-state index is -0.150. The summed E-state index contributed by atoms with van der Waals surface area (Å²) in [6.45, 7) is 14.3. The van der Waals surface area contributed by atoms with E-state index in [1.165, 1.54) is 88.8 Å². The normalized spacial score (nSPS) is 16.2. The van der Waals surface area contributed by atoms with Crippen molar-refractivity contribution in [3.63, 3.8) is 0 Å². The predicted octanol–water partition coefficient (Wildman–Crippen LogP) is 13.5. The van der Waals surface area contributed by atoms with Crippen molar-refractivity contribution in [2.24, 2.45) is 0 Å². The maximum Gasteiger partial charge on any atom is 0.0582 e. The first kappa shape index (κ1) is 30.7. The smallest absolute Gasteiger partial charge is 0.0582 e. The van der Waals surface area contributed by atoms with Gasteiger partial charge < -0.3 is 9.47 Å². The number of para-hydroxylation sites is 3. The van der Waals surface area contributed by atoms with Crippen molar-refractivity contribution in [2.75, 3.05) is 4.90 Å².